The van der Waals surface area contributed by atoms with E-state index in [0.717, 1.165) is 12.0 Å². The van der Waals surface area contributed by atoms with Gasteiger partial charge in [-0.3, -0.25) is 4.79 Å². The third kappa shape index (κ3) is 3.84. The van der Waals surface area contributed by atoms with E-state index in [1.165, 1.54) is 0 Å². The molecule has 1 aliphatic rings. The Morgan fingerprint density at radius 1 is 1.27 bits per heavy atom. The average molecular weight is 305 g/mol. The zero-order valence-corrected chi connectivity index (χ0v) is 12.5. The standard InChI is InChI=1S/C16H19NO5/c1-2-3-9-16(14(19)22-15(20)17-16)10-13(18)21-11-12-7-5-4-6-8-12/h4-8H,2-3,9-11H2,1H3,(H,17,20). The number of cyclic esters (lactones) is 2. The Hall–Kier alpha value is -2.37. The summed E-state index contributed by atoms with van der Waals surface area (Å²) in [5, 5.41) is 2.47. The second-order valence-electron chi connectivity index (χ2n) is 5.31. The lowest BCUT2D eigenvalue weighted by Gasteiger charge is -2.23. The summed E-state index contributed by atoms with van der Waals surface area (Å²) in [7, 11) is 0. The van der Waals surface area contributed by atoms with Crippen molar-refractivity contribution in [1.82, 2.24) is 5.32 Å². The lowest BCUT2D eigenvalue weighted by molar-refractivity contribution is -0.151. The SMILES string of the molecule is CCCCC1(CC(=O)OCc2ccccc2)NC(=O)OC1=O. The Kier molecular flexibility index (Phi) is 5.14. The molecule has 1 aliphatic heterocycles. The molecule has 1 saturated heterocycles. The van der Waals surface area contributed by atoms with Crippen molar-refractivity contribution in [1.29, 1.82) is 0 Å². The summed E-state index contributed by atoms with van der Waals surface area (Å²) in [5.41, 5.74) is -0.433. The van der Waals surface area contributed by atoms with Gasteiger partial charge in [-0.2, -0.15) is 0 Å². The van der Waals surface area contributed by atoms with Gasteiger partial charge in [-0.1, -0.05) is 50.1 Å². The van der Waals surface area contributed by atoms with E-state index in [1.807, 2.05) is 37.3 Å². The minimum atomic E-state index is -1.29. The number of amides is 1. The molecule has 1 heterocycles. The average Bonchev–Trinajstić information content (AvgIpc) is 2.78. The lowest BCUT2D eigenvalue weighted by Crippen LogP contribution is -2.48. The van der Waals surface area contributed by atoms with E-state index in [1.54, 1.807) is 0 Å². The number of carbonyl (C=O) groups excluding carboxylic acids is 3. The molecule has 2 rings (SSSR count). The number of hydrogen-bond donors (Lipinski definition) is 1. The molecule has 0 aromatic heterocycles. The van der Waals surface area contributed by atoms with Crippen molar-refractivity contribution in [2.24, 2.45) is 0 Å². The van der Waals surface area contributed by atoms with Crippen molar-refractivity contribution in [2.75, 3.05) is 0 Å². The van der Waals surface area contributed by atoms with Crippen molar-refractivity contribution >= 4 is 18.0 Å². The van der Waals surface area contributed by atoms with Gasteiger partial charge in [-0.05, 0) is 12.0 Å². The summed E-state index contributed by atoms with van der Waals surface area (Å²) >= 11 is 0. The number of benzene rings is 1. The Morgan fingerprint density at radius 2 is 2.00 bits per heavy atom. The molecule has 1 N–H and O–H groups in total. The van der Waals surface area contributed by atoms with Gasteiger partial charge in [-0.25, -0.2) is 9.59 Å². The molecule has 22 heavy (non-hydrogen) atoms. The smallest absolute Gasteiger partial charge is 0.415 e. The van der Waals surface area contributed by atoms with E-state index in [4.69, 9.17) is 4.74 Å². The summed E-state index contributed by atoms with van der Waals surface area (Å²) in [6.07, 6.45) is 0.862. The number of esters is 2. The molecule has 1 aromatic rings. The van der Waals surface area contributed by atoms with Gasteiger partial charge in [0.25, 0.3) is 0 Å². The Balaban J connectivity index is 1.96. The van der Waals surface area contributed by atoms with Gasteiger partial charge >= 0.3 is 18.0 Å². The first-order valence-electron chi connectivity index (χ1n) is 7.30. The molecule has 0 aliphatic carbocycles. The number of nitrogens with one attached hydrogen (secondary N) is 1. The molecule has 0 bridgehead atoms. The minimum Gasteiger partial charge on any atom is -0.461 e. The molecule has 0 saturated carbocycles. The fourth-order valence-corrected chi connectivity index (χ4v) is 2.34. The predicted molar refractivity (Wildman–Crippen MR) is 77.7 cm³/mol. The normalized spacial score (nSPS) is 20.4. The lowest BCUT2D eigenvalue weighted by atomic mass is 9.90. The molecule has 0 spiro atoms. The fourth-order valence-electron chi connectivity index (χ4n) is 2.34. The zero-order chi connectivity index (χ0) is 16.0. The van der Waals surface area contributed by atoms with Gasteiger partial charge in [0.2, 0.25) is 0 Å². The summed E-state index contributed by atoms with van der Waals surface area (Å²) < 4.78 is 9.72. The van der Waals surface area contributed by atoms with Crippen LogP contribution in [0.25, 0.3) is 0 Å². The van der Waals surface area contributed by atoms with Crippen LogP contribution in [0.4, 0.5) is 4.79 Å². The van der Waals surface area contributed by atoms with Crippen molar-refractivity contribution in [3.8, 4) is 0 Å². The van der Waals surface area contributed by atoms with Crippen molar-refractivity contribution in [2.45, 2.75) is 44.8 Å². The quantitative estimate of drug-likeness (QED) is 0.617. The molecule has 6 nitrogen and oxygen atoms in total. The summed E-state index contributed by atoms with van der Waals surface area (Å²) in [6.45, 7) is 2.09. The van der Waals surface area contributed by atoms with Gasteiger partial charge in [0, 0.05) is 0 Å². The van der Waals surface area contributed by atoms with Crippen LogP contribution >= 0.6 is 0 Å². The maximum atomic E-state index is 12.0. The highest BCUT2D eigenvalue weighted by Gasteiger charge is 2.49. The number of rotatable bonds is 7. The molecule has 1 atom stereocenters. The molecule has 1 amide bonds. The first kappa shape index (κ1) is 16.0. The van der Waals surface area contributed by atoms with Gasteiger partial charge in [-0.15, -0.1) is 0 Å². The van der Waals surface area contributed by atoms with Gasteiger partial charge < -0.3 is 14.8 Å². The van der Waals surface area contributed by atoms with Crippen LogP contribution in [0.1, 0.15) is 38.2 Å². The van der Waals surface area contributed by atoms with E-state index in [0.29, 0.717) is 12.8 Å². The Labute approximate surface area is 128 Å². The molecule has 118 valence electrons. The first-order chi connectivity index (χ1) is 10.6. The van der Waals surface area contributed by atoms with Crippen LogP contribution in [-0.4, -0.2) is 23.6 Å². The second-order valence-corrected chi connectivity index (χ2v) is 5.31. The molecule has 1 unspecified atom stereocenters. The van der Waals surface area contributed by atoms with E-state index >= 15 is 0 Å². The van der Waals surface area contributed by atoms with Crippen molar-refractivity contribution in [3.63, 3.8) is 0 Å². The van der Waals surface area contributed by atoms with E-state index in [2.05, 4.69) is 10.1 Å². The van der Waals surface area contributed by atoms with Crippen LogP contribution in [-0.2, 0) is 25.7 Å². The third-order valence-electron chi connectivity index (χ3n) is 3.56. The van der Waals surface area contributed by atoms with Gasteiger partial charge in [0.15, 0.2) is 5.54 Å². The van der Waals surface area contributed by atoms with E-state index in [9.17, 15) is 14.4 Å². The molecule has 1 aromatic carbocycles. The molecule has 0 radical (unpaired) electrons. The fraction of sp³-hybridized carbons (Fsp3) is 0.438. The highest BCUT2D eigenvalue weighted by atomic mass is 16.6. The van der Waals surface area contributed by atoms with Crippen LogP contribution in [0, 0.1) is 0 Å². The van der Waals surface area contributed by atoms with Crippen LogP contribution in [0.2, 0.25) is 0 Å². The highest BCUT2D eigenvalue weighted by Crippen LogP contribution is 2.26. The zero-order valence-electron chi connectivity index (χ0n) is 12.5. The molecular formula is C16H19NO5. The minimum absolute atomic E-state index is 0.131. The van der Waals surface area contributed by atoms with Gasteiger partial charge in [0.05, 0.1) is 6.42 Å². The van der Waals surface area contributed by atoms with E-state index in [-0.39, 0.29) is 13.0 Å². The Bertz CT molecular complexity index is 557. The molecule has 1 fully saturated rings. The maximum absolute atomic E-state index is 12.0. The van der Waals surface area contributed by atoms with E-state index < -0.39 is 23.6 Å². The number of unbranched alkanes of at least 4 members (excludes halogenated alkanes) is 1. The maximum Gasteiger partial charge on any atom is 0.415 e. The van der Waals surface area contributed by atoms with Crippen molar-refractivity contribution < 1.29 is 23.9 Å². The Morgan fingerprint density at radius 3 is 2.59 bits per heavy atom. The summed E-state index contributed by atoms with van der Waals surface area (Å²) in [4.78, 5) is 35.2. The summed E-state index contributed by atoms with van der Waals surface area (Å²) in [6, 6.07) is 9.24. The molecular weight excluding hydrogens is 286 g/mol. The third-order valence-corrected chi connectivity index (χ3v) is 3.56. The van der Waals surface area contributed by atoms with Gasteiger partial charge in [0.1, 0.15) is 6.61 Å². The van der Waals surface area contributed by atoms with Crippen LogP contribution in [0.3, 0.4) is 0 Å². The first-order valence-corrected chi connectivity index (χ1v) is 7.30. The number of carbonyl (C=O) groups is 3. The largest absolute Gasteiger partial charge is 0.461 e. The summed E-state index contributed by atoms with van der Waals surface area (Å²) in [5.74, 6) is -1.25. The highest BCUT2D eigenvalue weighted by molar-refractivity contribution is 6.01. The second kappa shape index (κ2) is 7.06. The van der Waals surface area contributed by atoms with Crippen LogP contribution in [0.15, 0.2) is 30.3 Å². The number of ether oxygens (including phenoxy) is 2. The van der Waals surface area contributed by atoms with Crippen LogP contribution in [0.5, 0.6) is 0 Å². The van der Waals surface area contributed by atoms with Crippen LogP contribution < -0.4 is 5.32 Å². The number of hydrogen-bond acceptors (Lipinski definition) is 5. The predicted octanol–water partition coefficient (Wildman–Crippen LogP) is 2.32. The van der Waals surface area contributed by atoms with Crippen molar-refractivity contribution in [3.05, 3.63) is 35.9 Å². The topological polar surface area (TPSA) is 81.7 Å². The molecule has 6 heteroatoms. The number of alkyl carbamates (subject to hydrolysis) is 1. The monoisotopic (exact) mass is 305 g/mol.